The summed E-state index contributed by atoms with van der Waals surface area (Å²) in [7, 11) is 1.71. The molecule has 2 N–H and O–H groups in total. The predicted molar refractivity (Wildman–Crippen MR) is 75.3 cm³/mol. The number of aryl methyl sites for hydroxylation is 1. The van der Waals surface area contributed by atoms with Crippen LogP contribution in [0.3, 0.4) is 0 Å². The second kappa shape index (κ2) is 6.42. The van der Waals surface area contributed by atoms with E-state index in [0.717, 1.165) is 0 Å². The molecule has 0 saturated heterocycles. The van der Waals surface area contributed by atoms with E-state index in [1.54, 1.807) is 25.4 Å². The van der Waals surface area contributed by atoms with Crippen LogP contribution in [0.2, 0.25) is 0 Å². The van der Waals surface area contributed by atoms with Crippen molar-refractivity contribution in [3.63, 3.8) is 0 Å². The number of nitrogens with zero attached hydrogens (tertiary/aromatic N) is 4. The molecule has 0 saturated carbocycles. The van der Waals surface area contributed by atoms with E-state index >= 15 is 0 Å². The minimum atomic E-state index is -0.435. The molecule has 0 bridgehead atoms. The maximum atomic E-state index is 10.7. The maximum Gasteiger partial charge on any atom is 0.269 e. The quantitative estimate of drug-likeness (QED) is 0.635. The third-order valence-electron chi connectivity index (χ3n) is 2.94. The monoisotopic (exact) mass is 291 g/mol. The van der Waals surface area contributed by atoms with Crippen molar-refractivity contribution in [3.8, 4) is 0 Å². The van der Waals surface area contributed by atoms with Crippen molar-refractivity contribution in [1.29, 1.82) is 0 Å². The first kappa shape index (κ1) is 15.1. The Hall–Kier alpha value is -2.32. The lowest BCUT2D eigenvalue weighted by Crippen LogP contribution is -2.27. The minimum absolute atomic E-state index is 0.0351. The van der Waals surface area contributed by atoms with Gasteiger partial charge in [-0.1, -0.05) is 12.1 Å². The fourth-order valence-corrected chi connectivity index (χ4v) is 1.94. The highest BCUT2D eigenvalue weighted by Gasteiger charge is 2.20. The lowest BCUT2D eigenvalue weighted by Gasteiger charge is -2.19. The first-order valence-corrected chi connectivity index (χ1v) is 6.44. The Bertz CT molecular complexity index is 626. The highest BCUT2D eigenvalue weighted by Crippen LogP contribution is 2.21. The average molecular weight is 291 g/mol. The van der Waals surface area contributed by atoms with E-state index in [-0.39, 0.29) is 18.3 Å². The Kier molecular flexibility index (Phi) is 4.61. The summed E-state index contributed by atoms with van der Waals surface area (Å²) >= 11 is 0. The van der Waals surface area contributed by atoms with E-state index in [1.165, 1.54) is 16.9 Å². The molecule has 2 atom stereocenters. The highest BCUT2D eigenvalue weighted by molar-refractivity contribution is 5.33. The van der Waals surface area contributed by atoms with E-state index < -0.39 is 11.0 Å². The molecule has 8 heteroatoms. The Labute approximate surface area is 121 Å². The molecule has 0 radical (unpaired) electrons. The number of hydrogen-bond acceptors (Lipinski definition) is 6. The van der Waals surface area contributed by atoms with Crippen molar-refractivity contribution in [2.75, 3.05) is 0 Å². The second-order valence-corrected chi connectivity index (χ2v) is 4.78. The number of rotatable bonds is 6. The summed E-state index contributed by atoms with van der Waals surface area (Å²) < 4.78 is 5.76. The summed E-state index contributed by atoms with van der Waals surface area (Å²) in [5.41, 5.74) is 7.29. The highest BCUT2D eigenvalue weighted by atomic mass is 16.6. The molecule has 2 unspecified atom stereocenters. The number of nitrogens with two attached hydrogens (primary N) is 1. The summed E-state index contributed by atoms with van der Waals surface area (Å²) in [6.07, 6.45) is 1.18. The molecule has 1 aromatic carbocycles. The number of hydrogen-bond donors (Lipinski definition) is 1. The van der Waals surface area contributed by atoms with Gasteiger partial charge in [-0.05, 0) is 12.5 Å². The van der Waals surface area contributed by atoms with Gasteiger partial charge in [0.1, 0.15) is 11.8 Å². The van der Waals surface area contributed by atoms with Crippen LogP contribution in [0.1, 0.15) is 24.3 Å². The molecule has 1 aromatic heterocycles. The molecule has 0 amide bonds. The van der Waals surface area contributed by atoms with Crippen LogP contribution in [0.25, 0.3) is 0 Å². The summed E-state index contributed by atoms with van der Waals surface area (Å²) in [6.45, 7) is 2.03. The van der Waals surface area contributed by atoms with Gasteiger partial charge < -0.3 is 10.5 Å². The van der Waals surface area contributed by atoms with Crippen LogP contribution in [0.15, 0.2) is 30.5 Å². The lowest BCUT2D eigenvalue weighted by atomic mass is 10.1. The molecule has 0 aliphatic carbocycles. The largest absolute Gasteiger partial charge is 0.365 e. The van der Waals surface area contributed by atoms with Crippen LogP contribution < -0.4 is 5.73 Å². The molecule has 112 valence electrons. The standard InChI is InChI=1S/C13H17N5O3/c1-9(14)13(12-7-15-17(2)16-12)21-8-10-4-3-5-11(6-10)18(19)20/h3-7,9,13H,8,14H2,1-2H3. The number of ether oxygens (including phenoxy) is 1. The third-order valence-corrected chi connectivity index (χ3v) is 2.94. The van der Waals surface area contributed by atoms with Crippen LogP contribution in [-0.4, -0.2) is 26.0 Å². The van der Waals surface area contributed by atoms with E-state index in [9.17, 15) is 10.1 Å². The summed E-state index contributed by atoms with van der Waals surface area (Å²) in [5, 5.41) is 18.9. The molecular weight excluding hydrogens is 274 g/mol. The molecule has 0 fully saturated rings. The zero-order chi connectivity index (χ0) is 15.4. The van der Waals surface area contributed by atoms with Crippen LogP contribution in [0.5, 0.6) is 0 Å². The van der Waals surface area contributed by atoms with Crippen LogP contribution in [0, 0.1) is 10.1 Å². The SMILES string of the molecule is CC(N)C(OCc1cccc([N+](=O)[O-])c1)c1cnn(C)n1. The Balaban J connectivity index is 2.09. The van der Waals surface area contributed by atoms with Gasteiger partial charge >= 0.3 is 0 Å². The first-order chi connectivity index (χ1) is 9.97. The van der Waals surface area contributed by atoms with Crippen LogP contribution in [-0.2, 0) is 18.4 Å². The molecule has 0 aliphatic rings. The van der Waals surface area contributed by atoms with Gasteiger partial charge in [-0.2, -0.15) is 15.0 Å². The van der Waals surface area contributed by atoms with E-state index in [2.05, 4.69) is 10.2 Å². The Morgan fingerprint density at radius 1 is 1.52 bits per heavy atom. The fraction of sp³-hybridized carbons (Fsp3) is 0.385. The average Bonchev–Trinajstić information content (AvgIpc) is 2.85. The van der Waals surface area contributed by atoms with Crippen molar-refractivity contribution in [3.05, 3.63) is 51.8 Å². The smallest absolute Gasteiger partial charge is 0.269 e. The van der Waals surface area contributed by atoms with Gasteiger partial charge in [0.25, 0.3) is 5.69 Å². The van der Waals surface area contributed by atoms with Gasteiger partial charge in [0.15, 0.2) is 0 Å². The van der Waals surface area contributed by atoms with Crippen molar-refractivity contribution < 1.29 is 9.66 Å². The number of non-ortho nitro benzene ring substituents is 1. The number of benzene rings is 1. The fourth-order valence-electron chi connectivity index (χ4n) is 1.94. The normalized spacial score (nSPS) is 13.9. The van der Waals surface area contributed by atoms with Gasteiger partial charge in [-0.15, -0.1) is 0 Å². The molecule has 2 rings (SSSR count). The van der Waals surface area contributed by atoms with Gasteiger partial charge in [0, 0.05) is 25.2 Å². The molecule has 21 heavy (non-hydrogen) atoms. The van der Waals surface area contributed by atoms with Crippen molar-refractivity contribution in [1.82, 2.24) is 15.0 Å². The summed E-state index contributed by atoms with van der Waals surface area (Å²) in [4.78, 5) is 11.7. The van der Waals surface area contributed by atoms with Crippen molar-refractivity contribution in [2.24, 2.45) is 12.8 Å². The van der Waals surface area contributed by atoms with E-state index in [1.807, 2.05) is 6.92 Å². The van der Waals surface area contributed by atoms with Crippen molar-refractivity contribution >= 4 is 5.69 Å². The van der Waals surface area contributed by atoms with Gasteiger partial charge in [0.2, 0.25) is 0 Å². The van der Waals surface area contributed by atoms with Gasteiger partial charge in [0.05, 0.1) is 17.7 Å². The zero-order valence-electron chi connectivity index (χ0n) is 11.8. The molecular formula is C13H17N5O3. The molecule has 0 aliphatic heterocycles. The van der Waals surface area contributed by atoms with Crippen LogP contribution in [0.4, 0.5) is 5.69 Å². The summed E-state index contributed by atoms with van der Waals surface area (Å²) in [6, 6.07) is 6.03. The number of aromatic nitrogens is 3. The van der Waals surface area contributed by atoms with Gasteiger partial charge in [-0.25, -0.2) is 0 Å². The topological polar surface area (TPSA) is 109 Å². The Morgan fingerprint density at radius 3 is 2.86 bits per heavy atom. The zero-order valence-corrected chi connectivity index (χ0v) is 11.8. The predicted octanol–water partition coefficient (Wildman–Crippen LogP) is 1.33. The number of nitro benzene ring substituents is 1. The summed E-state index contributed by atoms with van der Waals surface area (Å²) in [5.74, 6) is 0. The Morgan fingerprint density at radius 2 is 2.29 bits per heavy atom. The van der Waals surface area contributed by atoms with E-state index in [0.29, 0.717) is 11.3 Å². The lowest BCUT2D eigenvalue weighted by molar-refractivity contribution is -0.385. The van der Waals surface area contributed by atoms with Gasteiger partial charge in [-0.3, -0.25) is 10.1 Å². The first-order valence-electron chi connectivity index (χ1n) is 6.44. The van der Waals surface area contributed by atoms with Crippen molar-refractivity contribution in [2.45, 2.75) is 25.7 Å². The minimum Gasteiger partial charge on any atom is -0.365 e. The molecule has 8 nitrogen and oxygen atoms in total. The second-order valence-electron chi connectivity index (χ2n) is 4.78. The van der Waals surface area contributed by atoms with Crippen LogP contribution >= 0.6 is 0 Å². The molecule has 0 spiro atoms. The third kappa shape index (κ3) is 3.83. The van der Waals surface area contributed by atoms with E-state index in [4.69, 9.17) is 10.5 Å². The molecule has 1 heterocycles. The maximum absolute atomic E-state index is 10.7. The molecule has 2 aromatic rings. The number of nitro groups is 1.